The zero-order valence-corrected chi connectivity index (χ0v) is 13.3. The maximum absolute atomic E-state index is 12.3. The molecule has 0 radical (unpaired) electrons. The number of rotatable bonds is 5. The minimum atomic E-state index is -0.396. The molecule has 20 heavy (non-hydrogen) atoms. The first-order valence-corrected chi connectivity index (χ1v) is 7.84. The van der Waals surface area contributed by atoms with E-state index in [1.165, 1.54) is 0 Å². The molecule has 0 fully saturated rings. The number of aromatic amines is 1. The maximum atomic E-state index is 12.3. The first-order chi connectivity index (χ1) is 9.54. The Kier molecular flexibility index (Phi) is 4.72. The molecule has 0 aromatic carbocycles. The van der Waals surface area contributed by atoms with Crippen LogP contribution in [0.4, 0.5) is 0 Å². The number of carbonyl (C=O) groups excluding carboxylic acids is 1. The second kappa shape index (κ2) is 6.32. The average molecular weight is 310 g/mol. The molecule has 108 valence electrons. The summed E-state index contributed by atoms with van der Waals surface area (Å²) in [4.78, 5) is 13.3. The highest BCUT2D eigenvalue weighted by molar-refractivity contribution is 7.71. The van der Waals surface area contributed by atoms with Crippen LogP contribution in [0.2, 0.25) is 0 Å². The first kappa shape index (κ1) is 14.9. The summed E-state index contributed by atoms with van der Waals surface area (Å²) in [6.07, 6.45) is 0.896. The van der Waals surface area contributed by atoms with E-state index < -0.39 is 6.04 Å². The van der Waals surface area contributed by atoms with Gasteiger partial charge in [-0.25, -0.2) is 0 Å². The van der Waals surface area contributed by atoms with Crippen molar-refractivity contribution in [3.05, 3.63) is 22.3 Å². The Labute approximate surface area is 127 Å². The third-order valence-corrected chi connectivity index (χ3v) is 4.37. The molecule has 2 aromatic rings. The number of thiophene rings is 1. The summed E-state index contributed by atoms with van der Waals surface area (Å²) in [5.74, 6) is 0.659. The number of hydrogen-bond acceptors (Lipinski definition) is 4. The summed E-state index contributed by atoms with van der Waals surface area (Å²) in [5.41, 5.74) is 0. The molecule has 0 saturated heterocycles. The predicted molar refractivity (Wildman–Crippen MR) is 83.3 cm³/mol. The SMILES string of the molecule is CC[C@@H](C)NC(=O)[C@@H](C)n1c(-c2cccs2)n[nH]c1=S. The summed E-state index contributed by atoms with van der Waals surface area (Å²) in [7, 11) is 0. The van der Waals surface area contributed by atoms with E-state index in [0.29, 0.717) is 10.6 Å². The number of aromatic nitrogens is 3. The molecule has 0 aliphatic rings. The molecule has 0 unspecified atom stereocenters. The van der Waals surface area contributed by atoms with E-state index in [9.17, 15) is 4.79 Å². The van der Waals surface area contributed by atoms with Crippen LogP contribution in [0, 0.1) is 4.77 Å². The Morgan fingerprint density at radius 1 is 1.60 bits per heavy atom. The van der Waals surface area contributed by atoms with E-state index in [2.05, 4.69) is 15.5 Å². The number of hydrogen-bond donors (Lipinski definition) is 2. The van der Waals surface area contributed by atoms with Crippen molar-refractivity contribution in [1.82, 2.24) is 20.1 Å². The van der Waals surface area contributed by atoms with Crippen LogP contribution in [0.25, 0.3) is 10.7 Å². The molecule has 0 aliphatic carbocycles. The van der Waals surface area contributed by atoms with Gasteiger partial charge in [-0.3, -0.25) is 14.5 Å². The van der Waals surface area contributed by atoms with Gasteiger partial charge in [0.25, 0.3) is 0 Å². The fraction of sp³-hybridized carbons (Fsp3) is 0.462. The van der Waals surface area contributed by atoms with Crippen LogP contribution in [0.15, 0.2) is 17.5 Å². The van der Waals surface area contributed by atoms with E-state index in [0.717, 1.165) is 11.3 Å². The monoisotopic (exact) mass is 310 g/mol. The van der Waals surface area contributed by atoms with Gasteiger partial charge in [0.05, 0.1) is 4.88 Å². The van der Waals surface area contributed by atoms with E-state index in [4.69, 9.17) is 12.2 Å². The molecule has 7 heteroatoms. The van der Waals surface area contributed by atoms with E-state index >= 15 is 0 Å². The Morgan fingerprint density at radius 2 is 2.35 bits per heavy atom. The van der Waals surface area contributed by atoms with Gasteiger partial charge in [0.1, 0.15) is 6.04 Å². The molecule has 0 spiro atoms. The molecule has 0 saturated carbocycles. The summed E-state index contributed by atoms with van der Waals surface area (Å²) >= 11 is 6.82. The van der Waals surface area contributed by atoms with Gasteiger partial charge >= 0.3 is 0 Å². The van der Waals surface area contributed by atoms with E-state index in [1.54, 1.807) is 15.9 Å². The highest BCUT2D eigenvalue weighted by Gasteiger charge is 2.21. The zero-order chi connectivity index (χ0) is 14.7. The lowest BCUT2D eigenvalue weighted by Crippen LogP contribution is -2.37. The molecular weight excluding hydrogens is 292 g/mol. The van der Waals surface area contributed by atoms with Crippen LogP contribution in [0.3, 0.4) is 0 Å². The number of H-pyrrole nitrogens is 1. The maximum Gasteiger partial charge on any atom is 0.243 e. The van der Waals surface area contributed by atoms with Crippen molar-refractivity contribution in [2.75, 3.05) is 0 Å². The van der Waals surface area contributed by atoms with Gasteiger partial charge in [0.15, 0.2) is 10.6 Å². The van der Waals surface area contributed by atoms with Crippen molar-refractivity contribution in [3.8, 4) is 10.7 Å². The second-order valence-electron chi connectivity index (χ2n) is 4.69. The topological polar surface area (TPSA) is 62.7 Å². The quantitative estimate of drug-likeness (QED) is 0.834. The number of nitrogens with zero attached hydrogens (tertiary/aromatic N) is 2. The van der Waals surface area contributed by atoms with Crippen LogP contribution in [0.5, 0.6) is 0 Å². The number of amides is 1. The Hall–Kier alpha value is -1.47. The van der Waals surface area contributed by atoms with Crippen molar-refractivity contribution >= 4 is 29.5 Å². The summed E-state index contributed by atoms with van der Waals surface area (Å²) in [6.45, 7) is 5.86. The summed E-state index contributed by atoms with van der Waals surface area (Å²) < 4.78 is 2.22. The third-order valence-electron chi connectivity index (χ3n) is 3.21. The van der Waals surface area contributed by atoms with Gasteiger partial charge in [0.2, 0.25) is 5.91 Å². The fourth-order valence-corrected chi connectivity index (χ4v) is 2.83. The minimum absolute atomic E-state index is 0.0466. The van der Waals surface area contributed by atoms with Crippen LogP contribution < -0.4 is 5.32 Å². The Morgan fingerprint density at radius 3 is 2.95 bits per heavy atom. The van der Waals surface area contributed by atoms with Gasteiger partial charge in [-0.1, -0.05) is 13.0 Å². The van der Waals surface area contributed by atoms with Crippen LogP contribution >= 0.6 is 23.6 Å². The lowest BCUT2D eigenvalue weighted by atomic mass is 10.2. The lowest BCUT2D eigenvalue weighted by molar-refractivity contribution is -0.124. The van der Waals surface area contributed by atoms with Crippen molar-refractivity contribution in [2.45, 2.75) is 39.3 Å². The van der Waals surface area contributed by atoms with Crippen LogP contribution in [-0.4, -0.2) is 26.7 Å². The van der Waals surface area contributed by atoms with Gasteiger partial charge in [-0.15, -0.1) is 11.3 Å². The normalized spacial score (nSPS) is 13.9. The third kappa shape index (κ3) is 2.99. The molecule has 5 nitrogen and oxygen atoms in total. The van der Waals surface area contributed by atoms with Gasteiger partial charge in [-0.2, -0.15) is 5.10 Å². The first-order valence-electron chi connectivity index (χ1n) is 6.55. The van der Waals surface area contributed by atoms with Crippen LogP contribution in [-0.2, 0) is 4.79 Å². The van der Waals surface area contributed by atoms with Crippen molar-refractivity contribution in [3.63, 3.8) is 0 Å². The standard InChI is InChI=1S/C13H18N4OS2/c1-4-8(2)14-12(18)9(3)17-11(15-16-13(17)19)10-6-5-7-20-10/h5-9H,4H2,1-3H3,(H,14,18)(H,16,19)/t8-,9-/m1/s1. The van der Waals surface area contributed by atoms with Gasteiger partial charge < -0.3 is 5.32 Å². The molecule has 2 N–H and O–H groups in total. The van der Waals surface area contributed by atoms with E-state index in [-0.39, 0.29) is 11.9 Å². The minimum Gasteiger partial charge on any atom is -0.352 e. The predicted octanol–water partition coefficient (Wildman–Crippen LogP) is 3.14. The molecule has 2 aromatic heterocycles. The smallest absolute Gasteiger partial charge is 0.243 e. The Balaban J connectivity index is 2.31. The van der Waals surface area contributed by atoms with Gasteiger partial charge in [0, 0.05) is 6.04 Å². The molecule has 0 bridgehead atoms. The molecule has 2 heterocycles. The van der Waals surface area contributed by atoms with Crippen molar-refractivity contribution in [1.29, 1.82) is 0 Å². The second-order valence-corrected chi connectivity index (χ2v) is 6.03. The zero-order valence-electron chi connectivity index (χ0n) is 11.7. The summed E-state index contributed by atoms with van der Waals surface area (Å²) in [5, 5.41) is 12.0. The molecular formula is C13H18N4OS2. The van der Waals surface area contributed by atoms with Gasteiger partial charge in [-0.05, 0) is 43.9 Å². The average Bonchev–Trinajstić information content (AvgIpc) is 3.06. The molecule has 2 rings (SSSR count). The summed E-state index contributed by atoms with van der Waals surface area (Å²) in [6, 6.07) is 3.67. The highest BCUT2D eigenvalue weighted by atomic mass is 32.1. The Bertz CT molecular complexity index is 629. The van der Waals surface area contributed by atoms with E-state index in [1.807, 2.05) is 38.3 Å². The number of nitrogens with one attached hydrogen (secondary N) is 2. The molecule has 1 amide bonds. The lowest BCUT2D eigenvalue weighted by Gasteiger charge is -2.18. The van der Waals surface area contributed by atoms with Crippen LogP contribution in [0.1, 0.15) is 33.2 Å². The van der Waals surface area contributed by atoms with Crippen molar-refractivity contribution in [2.24, 2.45) is 0 Å². The number of carbonyl (C=O) groups is 1. The highest BCUT2D eigenvalue weighted by Crippen LogP contribution is 2.25. The molecule has 2 atom stereocenters. The largest absolute Gasteiger partial charge is 0.352 e. The fourth-order valence-electron chi connectivity index (χ4n) is 1.83. The molecule has 0 aliphatic heterocycles. The van der Waals surface area contributed by atoms with Crippen molar-refractivity contribution < 1.29 is 4.79 Å².